The highest BCUT2D eigenvalue weighted by molar-refractivity contribution is 7.10. The molecule has 2 aliphatic heterocycles. The monoisotopic (exact) mass is 445 g/mol. The third kappa shape index (κ3) is 3.69. The Morgan fingerprint density at radius 3 is 2.84 bits per heavy atom. The van der Waals surface area contributed by atoms with Crippen molar-refractivity contribution in [3.8, 4) is 0 Å². The Labute approximate surface area is 190 Å². The zero-order valence-electron chi connectivity index (χ0n) is 17.7. The molecule has 3 aromatic rings. The Bertz CT molecular complexity index is 1230. The maximum absolute atomic E-state index is 13.3. The normalized spacial score (nSPS) is 17.2. The van der Waals surface area contributed by atoms with E-state index in [1.807, 2.05) is 30.0 Å². The summed E-state index contributed by atoms with van der Waals surface area (Å²) in [6.07, 6.45) is 0.967. The van der Waals surface area contributed by atoms with E-state index in [0.717, 1.165) is 17.5 Å². The second-order valence-corrected chi connectivity index (χ2v) is 9.21. The van der Waals surface area contributed by atoms with Crippen LogP contribution in [0.15, 0.2) is 53.9 Å². The van der Waals surface area contributed by atoms with E-state index in [1.54, 1.807) is 35.6 Å². The summed E-state index contributed by atoms with van der Waals surface area (Å²) in [6, 6.07) is 14.8. The molecule has 0 saturated carbocycles. The fraction of sp³-hybridized carbons (Fsp3) is 0.240. The van der Waals surface area contributed by atoms with Gasteiger partial charge in [-0.2, -0.15) is 0 Å². The number of hydrogen-bond donors (Lipinski definition) is 2. The molecule has 0 aliphatic carbocycles. The lowest BCUT2D eigenvalue weighted by molar-refractivity contribution is -0.123. The van der Waals surface area contributed by atoms with Gasteiger partial charge in [0.15, 0.2) is 0 Å². The molecule has 162 valence electrons. The molecule has 0 spiro atoms. The van der Waals surface area contributed by atoms with E-state index in [1.165, 1.54) is 10.4 Å². The summed E-state index contributed by atoms with van der Waals surface area (Å²) < 4.78 is 0. The SMILES string of the molecule is Cc1c(NC(=O)[C@H]2CC(=O)Nc3ccccc32)cccc1C(=O)N1CCc2sccc2C1. The highest BCUT2D eigenvalue weighted by atomic mass is 32.1. The largest absolute Gasteiger partial charge is 0.334 e. The van der Waals surface area contributed by atoms with Crippen LogP contribution in [0.3, 0.4) is 0 Å². The fourth-order valence-corrected chi connectivity index (χ4v) is 5.35. The van der Waals surface area contributed by atoms with Gasteiger partial charge >= 0.3 is 0 Å². The average Bonchev–Trinajstić information content (AvgIpc) is 3.27. The molecule has 3 heterocycles. The van der Waals surface area contributed by atoms with Gasteiger partial charge in [-0.1, -0.05) is 24.3 Å². The Morgan fingerprint density at radius 1 is 1.12 bits per heavy atom. The standard InChI is InChI=1S/C25H23N3O3S/c1-15-17(25(31)28-11-9-22-16(14-28)10-12-32-22)6-4-8-20(15)27-24(30)19-13-23(29)26-21-7-3-2-5-18(19)21/h2-8,10,12,19H,9,11,13-14H2,1H3,(H,26,29)(H,27,30)/t19-/m0/s1. The number of carbonyl (C=O) groups excluding carboxylic acids is 3. The van der Waals surface area contributed by atoms with Crippen LogP contribution >= 0.6 is 11.3 Å². The predicted molar refractivity (Wildman–Crippen MR) is 125 cm³/mol. The van der Waals surface area contributed by atoms with E-state index < -0.39 is 5.92 Å². The van der Waals surface area contributed by atoms with Gasteiger partial charge in [-0.05, 0) is 59.7 Å². The minimum atomic E-state index is -0.571. The summed E-state index contributed by atoms with van der Waals surface area (Å²) in [4.78, 5) is 41.7. The van der Waals surface area contributed by atoms with Crippen LogP contribution in [0.4, 0.5) is 11.4 Å². The van der Waals surface area contributed by atoms with Crippen molar-refractivity contribution in [2.24, 2.45) is 0 Å². The van der Waals surface area contributed by atoms with Crippen molar-refractivity contribution in [1.82, 2.24) is 4.90 Å². The van der Waals surface area contributed by atoms with Crippen LogP contribution in [0.1, 0.15) is 44.3 Å². The van der Waals surface area contributed by atoms with E-state index in [9.17, 15) is 14.4 Å². The first kappa shape index (κ1) is 20.5. The molecule has 0 saturated heterocycles. The lowest BCUT2D eigenvalue weighted by Crippen LogP contribution is -2.36. The second kappa shape index (κ2) is 8.24. The number of nitrogens with one attached hydrogen (secondary N) is 2. The van der Waals surface area contributed by atoms with Gasteiger partial charge in [0.2, 0.25) is 11.8 Å². The summed E-state index contributed by atoms with van der Waals surface area (Å²) in [5.74, 6) is -1.03. The molecule has 0 bridgehead atoms. The number of hydrogen-bond acceptors (Lipinski definition) is 4. The van der Waals surface area contributed by atoms with Crippen molar-refractivity contribution in [3.63, 3.8) is 0 Å². The van der Waals surface area contributed by atoms with E-state index in [4.69, 9.17) is 0 Å². The molecule has 0 fully saturated rings. The highest BCUT2D eigenvalue weighted by Gasteiger charge is 2.31. The van der Waals surface area contributed by atoms with Crippen molar-refractivity contribution in [1.29, 1.82) is 0 Å². The van der Waals surface area contributed by atoms with Gasteiger partial charge in [0.1, 0.15) is 0 Å². The highest BCUT2D eigenvalue weighted by Crippen LogP contribution is 2.33. The Balaban J connectivity index is 1.37. The molecule has 2 N–H and O–H groups in total. The Kier molecular flexibility index (Phi) is 5.27. The van der Waals surface area contributed by atoms with Gasteiger partial charge < -0.3 is 15.5 Å². The lowest BCUT2D eigenvalue weighted by atomic mass is 9.89. The number of rotatable bonds is 3. The van der Waals surface area contributed by atoms with Crippen LogP contribution in [-0.4, -0.2) is 29.2 Å². The molecule has 3 amide bonds. The zero-order valence-corrected chi connectivity index (χ0v) is 18.5. The average molecular weight is 446 g/mol. The molecule has 32 heavy (non-hydrogen) atoms. The molecular weight excluding hydrogens is 422 g/mol. The van der Waals surface area contributed by atoms with E-state index in [-0.39, 0.29) is 24.1 Å². The van der Waals surface area contributed by atoms with Gasteiger partial charge in [-0.3, -0.25) is 14.4 Å². The van der Waals surface area contributed by atoms with Gasteiger partial charge in [0.25, 0.3) is 5.91 Å². The summed E-state index contributed by atoms with van der Waals surface area (Å²) in [5, 5.41) is 7.85. The third-order valence-electron chi connectivity index (χ3n) is 6.23. The quantitative estimate of drug-likeness (QED) is 0.630. The minimum absolute atomic E-state index is 0.0298. The van der Waals surface area contributed by atoms with Gasteiger partial charge in [-0.25, -0.2) is 0 Å². The zero-order chi connectivity index (χ0) is 22.2. The molecule has 1 aromatic heterocycles. The molecule has 2 aromatic carbocycles. The second-order valence-electron chi connectivity index (χ2n) is 8.21. The van der Waals surface area contributed by atoms with Crippen LogP contribution in [0.5, 0.6) is 0 Å². The minimum Gasteiger partial charge on any atom is -0.334 e. The molecule has 6 nitrogen and oxygen atoms in total. The van der Waals surface area contributed by atoms with Crippen LogP contribution in [-0.2, 0) is 22.6 Å². The summed E-state index contributed by atoms with van der Waals surface area (Å²) in [6.45, 7) is 3.16. The Hall–Kier alpha value is -3.45. The van der Waals surface area contributed by atoms with Gasteiger partial charge in [0.05, 0.1) is 5.92 Å². The summed E-state index contributed by atoms with van der Waals surface area (Å²) >= 11 is 1.74. The smallest absolute Gasteiger partial charge is 0.254 e. The number of carbonyl (C=O) groups is 3. The van der Waals surface area contributed by atoms with E-state index in [2.05, 4.69) is 22.1 Å². The number of para-hydroxylation sites is 1. The van der Waals surface area contributed by atoms with Crippen LogP contribution in [0.2, 0.25) is 0 Å². The molecule has 2 aliphatic rings. The predicted octanol–water partition coefficient (Wildman–Crippen LogP) is 4.32. The maximum atomic E-state index is 13.3. The first-order valence-corrected chi connectivity index (χ1v) is 11.5. The number of anilines is 2. The molecule has 5 rings (SSSR count). The number of thiophene rings is 1. The molecule has 0 unspecified atom stereocenters. The molecule has 1 atom stereocenters. The van der Waals surface area contributed by atoms with Gasteiger partial charge in [-0.15, -0.1) is 11.3 Å². The summed E-state index contributed by atoms with van der Waals surface area (Å²) in [7, 11) is 0. The number of fused-ring (bicyclic) bond motifs is 2. The van der Waals surface area contributed by atoms with Crippen LogP contribution in [0.25, 0.3) is 0 Å². The first-order chi connectivity index (χ1) is 15.5. The lowest BCUT2D eigenvalue weighted by Gasteiger charge is -2.28. The van der Waals surface area contributed by atoms with Crippen molar-refractivity contribution in [3.05, 3.63) is 81.0 Å². The Morgan fingerprint density at radius 2 is 1.97 bits per heavy atom. The van der Waals surface area contributed by atoms with Crippen LogP contribution < -0.4 is 10.6 Å². The van der Waals surface area contributed by atoms with Crippen LogP contribution in [0, 0.1) is 6.92 Å². The van der Waals surface area contributed by atoms with Crippen molar-refractivity contribution in [2.75, 3.05) is 17.2 Å². The van der Waals surface area contributed by atoms with Crippen molar-refractivity contribution in [2.45, 2.75) is 32.2 Å². The first-order valence-electron chi connectivity index (χ1n) is 10.6. The maximum Gasteiger partial charge on any atom is 0.254 e. The topological polar surface area (TPSA) is 78.5 Å². The fourth-order valence-electron chi connectivity index (χ4n) is 4.46. The van der Waals surface area contributed by atoms with E-state index >= 15 is 0 Å². The van der Waals surface area contributed by atoms with Crippen molar-refractivity contribution < 1.29 is 14.4 Å². The third-order valence-corrected chi connectivity index (χ3v) is 7.26. The number of amides is 3. The summed E-state index contributed by atoms with van der Waals surface area (Å²) in [5.41, 5.74) is 4.60. The number of nitrogens with zero attached hydrogens (tertiary/aromatic N) is 1. The molecular formula is C25H23N3O3S. The number of benzene rings is 2. The van der Waals surface area contributed by atoms with E-state index in [0.29, 0.717) is 30.0 Å². The molecule has 0 radical (unpaired) electrons. The van der Waals surface area contributed by atoms with Crippen molar-refractivity contribution >= 4 is 40.4 Å². The van der Waals surface area contributed by atoms with Gasteiger partial charge in [0, 0.05) is 41.3 Å². The molecule has 7 heteroatoms.